The molecule has 3 rings (SSSR count). The zero-order chi connectivity index (χ0) is 18.8. The van der Waals surface area contributed by atoms with E-state index in [0.717, 1.165) is 5.69 Å². The van der Waals surface area contributed by atoms with Crippen molar-refractivity contribution in [2.24, 2.45) is 7.05 Å². The molecule has 0 bridgehead atoms. The summed E-state index contributed by atoms with van der Waals surface area (Å²) >= 11 is 5.84. The van der Waals surface area contributed by atoms with Gasteiger partial charge in [0.2, 0.25) is 0 Å². The van der Waals surface area contributed by atoms with Crippen molar-refractivity contribution in [1.29, 1.82) is 0 Å². The fourth-order valence-corrected chi connectivity index (χ4v) is 2.80. The van der Waals surface area contributed by atoms with Crippen molar-refractivity contribution in [3.63, 3.8) is 0 Å². The van der Waals surface area contributed by atoms with Crippen LogP contribution in [0.5, 0.6) is 5.75 Å². The number of nitrogens with zero attached hydrogens (tertiary/aromatic N) is 2. The fourth-order valence-electron chi connectivity index (χ4n) is 2.67. The Balaban J connectivity index is 1.76. The number of hydrogen-bond donors (Lipinski definition) is 0. The van der Waals surface area contributed by atoms with Crippen molar-refractivity contribution in [2.75, 3.05) is 0 Å². The van der Waals surface area contributed by atoms with Crippen LogP contribution in [-0.4, -0.2) is 21.5 Å². The Morgan fingerprint density at radius 1 is 0.962 bits per heavy atom. The molecule has 0 saturated heterocycles. The molecule has 0 spiro atoms. The summed E-state index contributed by atoms with van der Waals surface area (Å²) in [5, 5.41) is 4.79. The highest BCUT2D eigenvalue weighted by Gasteiger charge is 2.19. The molecule has 0 unspecified atom stereocenters. The predicted octanol–water partition coefficient (Wildman–Crippen LogP) is 4.14. The molecule has 1 heterocycles. The Labute approximate surface area is 156 Å². The molecule has 0 saturated carbocycles. The van der Waals surface area contributed by atoms with Crippen LogP contribution in [0, 0.1) is 13.8 Å². The summed E-state index contributed by atoms with van der Waals surface area (Å²) in [5.41, 5.74) is 2.85. The van der Waals surface area contributed by atoms with Gasteiger partial charge in [-0.15, -0.1) is 0 Å². The minimum Gasteiger partial charge on any atom is -0.423 e. The highest BCUT2D eigenvalue weighted by atomic mass is 35.5. The lowest BCUT2D eigenvalue weighted by molar-refractivity contribution is 0.0733. The van der Waals surface area contributed by atoms with Crippen molar-refractivity contribution >= 4 is 23.4 Å². The van der Waals surface area contributed by atoms with Gasteiger partial charge in [-0.1, -0.05) is 11.6 Å². The van der Waals surface area contributed by atoms with Gasteiger partial charge in [0, 0.05) is 28.9 Å². The number of carbonyl (C=O) groups is 2. The smallest absolute Gasteiger partial charge is 0.347 e. The van der Waals surface area contributed by atoms with E-state index in [9.17, 15) is 9.59 Å². The normalized spacial score (nSPS) is 10.6. The minimum atomic E-state index is -0.468. The van der Waals surface area contributed by atoms with E-state index in [1.54, 1.807) is 67.2 Å². The average molecular weight is 369 g/mol. The van der Waals surface area contributed by atoms with Crippen LogP contribution in [-0.2, 0) is 7.05 Å². The number of aryl methyl sites for hydroxylation is 2. The number of aromatic nitrogens is 2. The molecule has 0 aliphatic heterocycles. The second kappa shape index (κ2) is 7.14. The zero-order valence-electron chi connectivity index (χ0n) is 14.6. The van der Waals surface area contributed by atoms with E-state index in [0.29, 0.717) is 33.2 Å². The molecule has 26 heavy (non-hydrogen) atoms. The van der Waals surface area contributed by atoms with Crippen molar-refractivity contribution in [2.45, 2.75) is 13.8 Å². The number of benzene rings is 2. The number of carbonyl (C=O) groups excluding carboxylic acids is 2. The van der Waals surface area contributed by atoms with E-state index >= 15 is 0 Å². The zero-order valence-corrected chi connectivity index (χ0v) is 15.4. The van der Waals surface area contributed by atoms with Crippen molar-refractivity contribution in [3.05, 3.63) is 81.6 Å². The standard InChI is InChI=1S/C20H17ClN2O3/c1-12-18(13(2)23(3)22-12)20(25)26-17-10-6-15(7-11-17)19(24)14-4-8-16(21)9-5-14/h4-11H,1-3H3. The lowest BCUT2D eigenvalue weighted by Gasteiger charge is -2.06. The molecule has 3 aromatic rings. The van der Waals surface area contributed by atoms with E-state index in [1.807, 2.05) is 6.92 Å². The molecule has 0 aliphatic rings. The minimum absolute atomic E-state index is 0.126. The predicted molar refractivity (Wildman–Crippen MR) is 99.0 cm³/mol. The van der Waals surface area contributed by atoms with Crippen LogP contribution in [0.2, 0.25) is 5.02 Å². The molecule has 6 heteroatoms. The van der Waals surface area contributed by atoms with E-state index in [2.05, 4.69) is 5.10 Å². The van der Waals surface area contributed by atoms with Gasteiger partial charge in [-0.25, -0.2) is 4.79 Å². The largest absolute Gasteiger partial charge is 0.423 e. The molecular formula is C20H17ClN2O3. The number of ketones is 1. The van der Waals surface area contributed by atoms with Gasteiger partial charge in [-0.3, -0.25) is 9.48 Å². The second-order valence-corrected chi connectivity index (χ2v) is 6.36. The summed E-state index contributed by atoms with van der Waals surface area (Å²) in [6, 6.07) is 13.1. The van der Waals surface area contributed by atoms with Crippen LogP contribution < -0.4 is 4.74 Å². The Bertz CT molecular complexity index is 974. The summed E-state index contributed by atoms with van der Waals surface area (Å²) in [4.78, 5) is 24.8. The summed E-state index contributed by atoms with van der Waals surface area (Å²) in [5.74, 6) is -0.228. The van der Waals surface area contributed by atoms with Crippen LogP contribution in [0.4, 0.5) is 0 Å². The monoisotopic (exact) mass is 368 g/mol. The first kappa shape index (κ1) is 17.9. The maximum absolute atomic E-state index is 12.4. The van der Waals surface area contributed by atoms with Crippen molar-refractivity contribution in [1.82, 2.24) is 9.78 Å². The topological polar surface area (TPSA) is 61.2 Å². The van der Waals surface area contributed by atoms with E-state index in [1.165, 1.54) is 0 Å². The van der Waals surface area contributed by atoms with Crippen LogP contribution in [0.3, 0.4) is 0 Å². The molecule has 0 amide bonds. The molecule has 2 aromatic carbocycles. The highest BCUT2D eigenvalue weighted by molar-refractivity contribution is 6.30. The lowest BCUT2D eigenvalue weighted by atomic mass is 10.0. The summed E-state index contributed by atoms with van der Waals surface area (Å²) in [6.45, 7) is 3.57. The molecule has 0 aliphatic carbocycles. The molecule has 0 fully saturated rings. The van der Waals surface area contributed by atoms with E-state index < -0.39 is 5.97 Å². The number of halogens is 1. The van der Waals surface area contributed by atoms with E-state index in [4.69, 9.17) is 16.3 Å². The van der Waals surface area contributed by atoms with Crippen LogP contribution in [0.25, 0.3) is 0 Å². The van der Waals surface area contributed by atoms with Crippen LogP contribution >= 0.6 is 11.6 Å². The van der Waals surface area contributed by atoms with Gasteiger partial charge in [-0.05, 0) is 62.4 Å². The first-order valence-electron chi connectivity index (χ1n) is 7.99. The van der Waals surface area contributed by atoms with Crippen LogP contribution in [0.1, 0.15) is 37.7 Å². The summed E-state index contributed by atoms with van der Waals surface area (Å²) in [7, 11) is 1.77. The molecule has 1 aromatic heterocycles. The summed E-state index contributed by atoms with van der Waals surface area (Å²) < 4.78 is 7.05. The number of hydrogen-bond acceptors (Lipinski definition) is 4. The Morgan fingerprint density at radius 2 is 1.50 bits per heavy atom. The quantitative estimate of drug-likeness (QED) is 0.394. The SMILES string of the molecule is Cc1nn(C)c(C)c1C(=O)Oc1ccc(C(=O)c2ccc(Cl)cc2)cc1. The Kier molecular flexibility index (Phi) is 4.91. The second-order valence-electron chi connectivity index (χ2n) is 5.92. The first-order chi connectivity index (χ1) is 12.4. The third-order valence-corrected chi connectivity index (χ3v) is 4.40. The average Bonchev–Trinajstić information content (AvgIpc) is 2.88. The lowest BCUT2D eigenvalue weighted by Crippen LogP contribution is -2.11. The van der Waals surface area contributed by atoms with Crippen LogP contribution in [0.15, 0.2) is 48.5 Å². The molecule has 132 valence electrons. The van der Waals surface area contributed by atoms with Gasteiger partial charge in [0.1, 0.15) is 11.3 Å². The van der Waals surface area contributed by atoms with E-state index in [-0.39, 0.29) is 5.78 Å². The highest BCUT2D eigenvalue weighted by Crippen LogP contribution is 2.20. The maximum Gasteiger partial charge on any atom is 0.347 e. The fraction of sp³-hybridized carbons (Fsp3) is 0.150. The summed E-state index contributed by atoms with van der Waals surface area (Å²) in [6.07, 6.45) is 0. The Hall–Kier alpha value is -2.92. The van der Waals surface area contributed by atoms with Gasteiger partial charge >= 0.3 is 5.97 Å². The van der Waals surface area contributed by atoms with Gasteiger partial charge < -0.3 is 4.74 Å². The molecule has 0 atom stereocenters. The third-order valence-electron chi connectivity index (χ3n) is 4.15. The maximum atomic E-state index is 12.4. The molecule has 0 radical (unpaired) electrons. The molecule has 5 nitrogen and oxygen atoms in total. The van der Waals surface area contributed by atoms with Crippen molar-refractivity contribution in [3.8, 4) is 5.75 Å². The number of esters is 1. The number of rotatable bonds is 4. The molecule has 0 N–H and O–H groups in total. The number of ether oxygens (including phenoxy) is 1. The van der Waals surface area contributed by atoms with Crippen molar-refractivity contribution < 1.29 is 14.3 Å². The third kappa shape index (κ3) is 3.53. The van der Waals surface area contributed by atoms with Gasteiger partial charge in [-0.2, -0.15) is 5.10 Å². The van der Waals surface area contributed by atoms with Gasteiger partial charge in [0.15, 0.2) is 5.78 Å². The molecular weight excluding hydrogens is 352 g/mol. The Morgan fingerprint density at radius 3 is 2.00 bits per heavy atom. The van der Waals surface area contributed by atoms with Gasteiger partial charge in [0.25, 0.3) is 0 Å². The van der Waals surface area contributed by atoms with Gasteiger partial charge in [0.05, 0.1) is 5.69 Å². The first-order valence-corrected chi connectivity index (χ1v) is 8.37.